The van der Waals surface area contributed by atoms with Gasteiger partial charge in [-0.2, -0.15) is 0 Å². The number of nitrogens with one attached hydrogen (secondary N) is 2. The summed E-state index contributed by atoms with van der Waals surface area (Å²) in [6, 6.07) is 1.96. The smallest absolute Gasteiger partial charge is 0.275 e. The van der Waals surface area contributed by atoms with Gasteiger partial charge in [0, 0.05) is 50.8 Å². The second kappa shape index (κ2) is 7.37. The summed E-state index contributed by atoms with van der Waals surface area (Å²) in [5.74, 6) is -0.175. The second-order valence-electron chi connectivity index (χ2n) is 6.29. The van der Waals surface area contributed by atoms with Gasteiger partial charge < -0.3 is 20.4 Å². The number of aromatic nitrogens is 2. The zero-order chi connectivity index (χ0) is 17.1. The Morgan fingerprint density at radius 1 is 1.16 bits per heavy atom. The molecule has 0 aromatic carbocycles. The Kier molecular flexibility index (Phi) is 4.80. The molecule has 1 amide bonds. The summed E-state index contributed by atoms with van der Waals surface area (Å²) in [4.78, 5) is 25.8. The number of carbonyl (C=O) groups excluding carboxylic acids is 1. The molecule has 0 spiro atoms. The third-order valence-corrected chi connectivity index (χ3v) is 5.51. The van der Waals surface area contributed by atoms with Crippen LogP contribution in [0.15, 0.2) is 23.8 Å². The van der Waals surface area contributed by atoms with Crippen LogP contribution in [-0.2, 0) is 0 Å². The predicted molar refractivity (Wildman–Crippen MR) is 101 cm³/mol. The Balaban J connectivity index is 1.49. The molecular weight excluding hydrogens is 336 g/mol. The molecule has 0 atom stereocenters. The number of thiazole rings is 1. The third kappa shape index (κ3) is 3.59. The fourth-order valence-electron chi connectivity index (χ4n) is 3.27. The Labute approximate surface area is 151 Å². The standard InChI is InChI=1S/C17H22N6OS/c24-16(14-12-25-17(21-14)23-7-1-2-8-23)20-13-11-19-4-3-15(13)22-9-5-18-6-10-22/h3-4,11-12,18H,1-2,5-10H2,(H,20,24). The highest BCUT2D eigenvalue weighted by molar-refractivity contribution is 7.14. The van der Waals surface area contributed by atoms with Crippen LogP contribution >= 0.6 is 11.3 Å². The molecule has 2 aliphatic rings. The lowest BCUT2D eigenvalue weighted by molar-refractivity contribution is 0.102. The van der Waals surface area contributed by atoms with Crippen molar-refractivity contribution in [2.24, 2.45) is 0 Å². The Bertz CT molecular complexity index is 736. The first-order chi connectivity index (χ1) is 12.3. The van der Waals surface area contributed by atoms with E-state index in [-0.39, 0.29) is 5.91 Å². The quantitative estimate of drug-likeness (QED) is 0.868. The van der Waals surface area contributed by atoms with E-state index in [1.54, 1.807) is 12.4 Å². The molecule has 0 bridgehead atoms. The van der Waals surface area contributed by atoms with Crippen LogP contribution in [0.5, 0.6) is 0 Å². The molecule has 4 rings (SSSR count). The summed E-state index contributed by atoms with van der Waals surface area (Å²) in [6.07, 6.45) is 5.88. The number of piperazine rings is 1. The van der Waals surface area contributed by atoms with E-state index < -0.39 is 0 Å². The van der Waals surface area contributed by atoms with E-state index in [9.17, 15) is 4.79 Å². The van der Waals surface area contributed by atoms with Crippen LogP contribution in [0.4, 0.5) is 16.5 Å². The van der Waals surface area contributed by atoms with Crippen molar-refractivity contribution >= 4 is 33.8 Å². The van der Waals surface area contributed by atoms with E-state index in [1.165, 1.54) is 24.2 Å². The van der Waals surface area contributed by atoms with E-state index in [0.717, 1.165) is 55.8 Å². The maximum atomic E-state index is 12.6. The van der Waals surface area contributed by atoms with Gasteiger partial charge in [0.2, 0.25) is 0 Å². The van der Waals surface area contributed by atoms with Crippen LogP contribution in [0.2, 0.25) is 0 Å². The van der Waals surface area contributed by atoms with Crippen LogP contribution < -0.4 is 20.4 Å². The third-order valence-electron chi connectivity index (χ3n) is 4.61. The molecular formula is C17H22N6OS. The van der Waals surface area contributed by atoms with Crippen molar-refractivity contribution in [2.75, 3.05) is 54.4 Å². The fourth-order valence-corrected chi connectivity index (χ4v) is 4.13. The molecule has 0 saturated carbocycles. The molecule has 4 heterocycles. The van der Waals surface area contributed by atoms with Crippen molar-refractivity contribution in [3.63, 3.8) is 0 Å². The topological polar surface area (TPSA) is 73.4 Å². The van der Waals surface area contributed by atoms with E-state index in [0.29, 0.717) is 5.69 Å². The van der Waals surface area contributed by atoms with Crippen molar-refractivity contribution in [2.45, 2.75) is 12.8 Å². The van der Waals surface area contributed by atoms with Gasteiger partial charge in [0.25, 0.3) is 5.91 Å². The van der Waals surface area contributed by atoms with Crippen molar-refractivity contribution in [1.82, 2.24) is 15.3 Å². The highest BCUT2D eigenvalue weighted by atomic mass is 32.1. The van der Waals surface area contributed by atoms with Crippen LogP contribution in [0.3, 0.4) is 0 Å². The van der Waals surface area contributed by atoms with Gasteiger partial charge in [-0.05, 0) is 18.9 Å². The zero-order valence-corrected chi connectivity index (χ0v) is 14.9. The number of amides is 1. The van der Waals surface area contributed by atoms with Gasteiger partial charge in [0.15, 0.2) is 5.13 Å². The van der Waals surface area contributed by atoms with Crippen LogP contribution in [0.25, 0.3) is 0 Å². The normalized spacial score (nSPS) is 17.8. The summed E-state index contributed by atoms with van der Waals surface area (Å²) in [6.45, 7) is 5.79. The summed E-state index contributed by atoms with van der Waals surface area (Å²) < 4.78 is 0. The Hall–Kier alpha value is -2.19. The molecule has 2 aromatic rings. The van der Waals surface area contributed by atoms with Crippen LogP contribution in [0, 0.1) is 0 Å². The minimum absolute atomic E-state index is 0.175. The van der Waals surface area contributed by atoms with Gasteiger partial charge in [-0.3, -0.25) is 9.78 Å². The lowest BCUT2D eigenvalue weighted by Crippen LogP contribution is -2.43. The molecule has 2 aliphatic heterocycles. The second-order valence-corrected chi connectivity index (χ2v) is 7.13. The van der Waals surface area contributed by atoms with E-state index in [2.05, 4.69) is 30.4 Å². The molecule has 2 aromatic heterocycles. The molecule has 0 aliphatic carbocycles. The number of rotatable bonds is 4. The number of hydrogen-bond donors (Lipinski definition) is 2. The molecule has 132 valence electrons. The fraction of sp³-hybridized carbons (Fsp3) is 0.471. The highest BCUT2D eigenvalue weighted by Gasteiger charge is 2.20. The molecule has 0 unspecified atom stereocenters. The van der Waals surface area contributed by atoms with Gasteiger partial charge in [-0.15, -0.1) is 11.3 Å². The SMILES string of the molecule is O=C(Nc1cnccc1N1CCNCC1)c1csc(N2CCCC2)n1. The number of pyridine rings is 1. The van der Waals surface area contributed by atoms with Crippen LogP contribution in [-0.4, -0.2) is 55.1 Å². The van der Waals surface area contributed by atoms with E-state index in [1.807, 2.05) is 11.4 Å². The molecule has 2 N–H and O–H groups in total. The minimum atomic E-state index is -0.175. The monoisotopic (exact) mass is 358 g/mol. The van der Waals surface area contributed by atoms with Crippen LogP contribution in [0.1, 0.15) is 23.3 Å². The molecule has 0 radical (unpaired) electrons. The van der Waals surface area contributed by atoms with Gasteiger partial charge in [0.1, 0.15) is 5.69 Å². The van der Waals surface area contributed by atoms with Crippen molar-refractivity contribution in [1.29, 1.82) is 0 Å². The number of anilines is 3. The van der Waals surface area contributed by atoms with E-state index >= 15 is 0 Å². The van der Waals surface area contributed by atoms with Crippen molar-refractivity contribution < 1.29 is 4.79 Å². The summed E-state index contributed by atoms with van der Waals surface area (Å²) in [5, 5.41) is 9.11. The van der Waals surface area contributed by atoms with Gasteiger partial charge >= 0.3 is 0 Å². The summed E-state index contributed by atoms with van der Waals surface area (Å²) >= 11 is 1.54. The average molecular weight is 358 g/mol. The molecule has 7 nitrogen and oxygen atoms in total. The van der Waals surface area contributed by atoms with Gasteiger partial charge in [-0.25, -0.2) is 4.98 Å². The minimum Gasteiger partial charge on any atom is -0.367 e. The first-order valence-electron chi connectivity index (χ1n) is 8.73. The number of nitrogens with zero attached hydrogens (tertiary/aromatic N) is 4. The summed E-state index contributed by atoms with van der Waals surface area (Å²) in [7, 11) is 0. The lowest BCUT2D eigenvalue weighted by Gasteiger charge is -2.30. The maximum Gasteiger partial charge on any atom is 0.275 e. The molecule has 2 fully saturated rings. The van der Waals surface area contributed by atoms with Crippen molar-refractivity contribution in [3.05, 3.63) is 29.5 Å². The molecule has 8 heteroatoms. The first kappa shape index (κ1) is 16.3. The Morgan fingerprint density at radius 2 is 1.96 bits per heavy atom. The predicted octanol–water partition coefficient (Wildman–Crippen LogP) is 1.80. The molecule has 25 heavy (non-hydrogen) atoms. The molecule has 2 saturated heterocycles. The van der Waals surface area contributed by atoms with Gasteiger partial charge in [-0.1, -0.05) is 0 Å². The van der Waals surface area contributed by atoms with E-state index in [4.69, 9.17) is 0 Å². The first-order valence-corrected chi connectivity index (χ1v) is 9.61. The van der Waals surface area contributed by atoms with Gasteiger partial charge in [0.05, 0.1) is 17.6 Å². The van der Waals surface area contributed by atoms with Crippen molar-refractivity contribution in [3.8, 4) is 0 Å². The Morgan fingerprint density at radius 3 is 2.76 bits per heavy atom. The summed E-state index contributed by atoms with van der Waals surface area (Å²) in [5.41, 5.74) is 2.23. The maximum absolute atomic E-state index is 12.6. The largest absolute Gasteiger partial charge is 0.367 e. The number of hydrogen-bond acceptors (Lipinski definition) is 7. The highest BCUT2D eigenvalue weighted by Crippen LogP contribution is 2.27. The zero-order valence-electron chi connectivity index (χ0n) is 14.1. The average Bonchev–Trinajstić information content (AvgIpc) is 3.34. The number of carbonyl (C=O) groups is 1. The lowest BCUT2D eigenvalue weighted by atomic mass is 10.2.